The van der Waals surface area contributed by atoms with Crippen molar-refractivity contribution in [1.29, 1.82) is 0 Å². The fourth-order valence-electron chi connectivity index (χ4n) is 1.76. The molecule has 23 heavy (non-hydrogen) atoms. The molecule has 0 aromatic heterocycles. The molecule has 1 rings (SSSR count). The summed E-state index contributed by atoms with van der Waals surface area (Å²) in [6.07, 6.45) is -4.10. The minimum absolute atomic E-state index is 0.245. The molecule has 0 bridgehead atoms. The molecule has 0 aliphatic heterocycles. The van der Waals surface area contributed by atoms with Crippen molar-refractivity contribution in [2.24, 2.45) is 0 Å². The highest BCUT2D eigenvalue weighted by molar-refractivity contribution is 6.00. The smallest absolute Gasteiger partial charge is 0.454 e. The Labute approximate surface area is 133 Å². The van der Waals surface area contributed by atoms with Crippen LogP contribution >= 0.6 is 0 Å². The van der Waals surface area contributed by atoms with Crippen molar-refractivity contribution < 1.29 is 27.5 Å². The number of nitrogens with one attached hydrogen (secondary N) is 1. The van der Waals surface area contributed by atoms with E-state index in [4.69, 9.17) is 4.74 Å². The van der Waals surface area contributed by atoms with Crippen LogP contribution in [0.3, 0.4) is 0 Å². The number of anilines is 1. The number of alkyl halides is 3. The molecule has 7 heteroatoms. The summed E-state index contributed by atoms with van der Waals surface area (Å²) >= 11 is 0. The van der Waals surface area contributed by atoms with Gasteiger partial charge in [-0.15, -0.1) is 0 Å². The Hall–Kier alpha value is -2.05. The third kappa shape index (κ3) is 7.17. The first-order valence-electron chi connectivity index (χ1n) is 7.16. The molecular formula is C16H20F3NO3. The van der Waals surface area contributed by atoms with Crippen LogP contribution in [0.25, 0.3) is 0 Å². The third-order valence-corrected chi connectivity index (χ3v) is 2.71. The van der Waals surface area contributed by atoms with Gasteiger partial charge >= 0.3 is 12.1 Å². The first-order valence-corrected chi connectivity index (χ1v) is 7.16. The predicted molar refractivity (Wildman–Crippen MR) is 80.4 cm³/mol. The van der Waals surface area contributed by atoms with Crippen LogP contribution in [-0.2, 0) is 9.53 Å². The summed E-state index contributed by atoms with van der Waals surface area (Å²) in [5.41, 5.74) is -0.351. The maximum absolute atomic E-state index is 12.3. The monoisotopic (exact) mass is 331 g/mol. The Bertz CT molecular complexity index is 545. The molecule has 0 atom stereocenters. The van der Waals surface area contributed by atoms with Gasteiger partial charge in [0.25, 0.3) is 5.78 Å². The number of hydrogen-bond acceptors (Lipinski definition) is 4. The van der Waals surface area contributed by atoms with E-state index in [9.17, 15) is 22.8 Å². The fourth-order valence-corrected chi connectivity index (χ4v) is 1.76. The van der Waals surface area contributed by atoms with Gasteiger partial charge in [-0.2, -0.15) is 13.2 Å². The molecule has 0 unspecified atom stereocenters. The molecular weight excluding hydrogens is 311 g/mol. The number of ketones is 1. The van der Waals surface area contributed by atoms with E-state index in [2.05, 4.69) is 5.32 Å². The standard InChI is InChI=1S/C16H20F3NO3/c1-15(2,3)23-13(21)5-4-10-20-12-8-6-11(7-9-12)14(22)16(17,18)19/h6-9,20H,4-5,10H2,1-3H3. The second kappa shape index (κ2) is 7.48. The van der Waals surface area contributed by atoms with Crippen LogP contribution in [0.1, 0.15) is 44.0 Å². The van der Waals surface area contributed by atoms with Crippen molar-refractivity contribution in [3.05, 3.63) is 29.8 Å². The number of benzene rings is 1. The van der Waals surface area contributed by atoms with Gasteiger partial charge < -0.3 is 10.1 Å². The fraction of sp³-hybridized carbons (Fsp3) is 0.500. The molecule has 0 saturated heterocycles. The first kappa shape index (κ1) is 19.0. The highest BCUT2D eigenvalue weighted by atomic mass is 19.4. The van der Waals surface area contributed by atoms with Gasteiger partial charge in [-0.1, -0.05) is 0 Å². The average molecular weight is 331 g/mol. The van der Waals surface area contributed by atoms with Gasteiger partial charge in [0.15, 0.2) is 0 Å². The molecule has 1 N–H and O–H groups in total. The Balaban J connectivity index is 2.40. The summed E-state index contributed by atoms with van der Waals surface area (Å²) in [6, 6.07) is 5.02. The first-order chi connectivity index (χ1) is 10.5. The largest absolute Gasteiger partial charge is 0.460 e. The lowest BCUT2D eigenvalue weighted by molar-refractivity contribution is -0.154. The number of Topliss-reactive ketones (excluding diaryl/α,β-unsaturated/α-hetero) is 1. The highest BCUT2D eigenvalue weighted by Gasteiger charge is 2.39. The van der Waals surface area contributed by atoms with Crippen molar-refractivity contribution in [2.75, 3.05) is 11.9 Å². The van der Waals surface area contributed by atoms with Gasteiger partial charge in [0.1, 0.15) is 5.60 Å². The SMILES string of the molecule is CC(C)(C)OC(=O)CCCNc1ccc(C(=O)C(F)(F)F)cc1. The predicted octanol–water partition coefficient (Wildman–Crippen LogP) is 3.97. The third-order valence-electron chi connectivity index (χ3n) is 2.71. The summed E-state index contributed by atoms with van der Waals surface area (Å²) in [4.78, 5) is 22.5. The molecule has 128 valence electrons. The highest BCUT2D eigenvalue weighted by Crippen LogP contribution is 2.22. The lowest BCUT2D eigenvalue weighted by Gasteiger charge is -2.19. The molecule has 0 aliphatic carbocycles. The van der Waals surface area contributed by atoms with Gasteiger partial charge in [0, 0.05) is 24.2 Å². The zero-order chi connectivity index (χ0) is 17.7. The van der Waals surface area contributed by atoms with E-state index >= 15 is 0 Å². The summed E-state index contributed by atoms with van der Waals surface area (Å²) < 4.78 is 42.0. The van der Waals surface area contributed by atoms with E-state index in [-0.39, 0.29) is 12.4 Å². The Morgan fingerprint density at radius 1 is 1.09 bits per heavy atom. The summed E-state index contributed by atoms with van der Waals surface area (Å²) in [5.74, 6) is -2.17. The summed E-state index contributed by atoms with van der Waals surface area (Å²) in [5, 5.41) is 2.97. The molecule has 0 radical (unpaired) electrons. The lowest BCUT2D eigenvalue weighted by Crippen LogP contribution is -2.24. The quantitative estimate of drug-likeness (QED) is 0.487. The Morgan fingerprint density at radius 3 is 2.13 bits per heavy atom. The van der Waals surface area contributed by atoms with E-state index in [1.807, 2.05) is 0 Å². The molecule has 0 spiro atoms. The van der Waals surface area contributed by atoms with Gasteiger partial charge in [0.05, 0.1) is 0 Å². The van der Waals surface area contributed by atoms with E-state index in [0.29, 0.717) is 18.7 Å². The molecule has 0 fully saturated rings. The van der Waals surface area contributed by atoms with Crippen LogP contribution < -0.4 is 5.32 Å². The van der Waals surface area contributed by atoms with Crippen LogP contribution in [0.15, 0.2) is 24.3 Å². The van der Waals surface area contributed by atoms with Crippen LogP contribution in [-0.4, -0.2) is 30.1 Å². The van der Waals surface area contributed by atoms with Crippen molar-refractivity contribution in [2.45, 2.75) is 45.4 Å². The van der Waals surface area contributed by atoms with Crippen molar-refractivity contribution >= 4 is 17.4 Å². The van der Waals surface area contributed by atoms with Crippen molar-refractivity contribution in [3.63, 3.8) is 0 Å². The van der Waals surface area contributed by atoms with Crippen LogP contribution in [0.5, 0.6) is 0 Å². The molecule has 0 amide bonds. The number of carbonyl (C=O) groups is 2. The van der Waals surface area contributed by atoms with Crippen LogP contribution in [0, 0.1) is 0 Å². The maximum Gasteiger partial charge on any atom is 0.454 e. The number of ether oxygens (including phenoxy) is 1. The molecule has 1 aromatic carbocycles. The van der Waals surface area contributed by atoms with Gasteiger partial charge in [0.2, 0.25) is 0 Å². The summed E-state index contributed by atoms with van der Waals surface area (Å²) in [7, 11) is 0. The van der Waals surface area contributed by atoms with E-state index < -0.39 is 23.1 Å². The number of carbonyl (C=O) groups excluding carboxylic acids is 2. The minimum atomic E-state index is -4.87. The summed E-state index contributed by atoms with van der Waals surface area (Å²) in [6.45, 7) is 5.82. The number of hydrogen-bond donors (Lipinski definition) is 1. The minimum Gasteiger partial charge on any atom is -0.460 e. The van der Waals surface area contributed by atoms with Crippen LogP contribution in [0.4, 0.5) is 18.9 Å². The van der Waals surface area contributed by atoms with Crippen molar-refractivity contribution in [1.82, 2.24) is 0 Å². The number of esters is 1. The second-order valence-electron chi connectivity index (χ2n) is 6.02. The molecule has 0 saturated carbocycles. The van der Waals surface area contributed by atoms with Crippen molar-refractivity contribution in [3.8, 4) is 0 Å². The Morgan fingerprint density at radius 2 is 1.65 bits per heavy atom. The average Bonchev–Trinajstić information content (AvgIpc) is 2.40. The maximum atomic E-state index is 12.3. The van der Waals surface area contributed by atoms with Crippen LogP contribution in [0.2, 0.25) is 0 Å². The molecule has 0 aliphatic rings. The topological polar surface area (TPSA) is 55.4 Å². The number of rotatable bonds is 6. The zero-order valence-electron chi connectivity index (χ0n) is 13.3. The Kier molecular flexibility index (Phi) is 6.18. The van der Waals surface area contributed by atoms with E-state index in [0.717, 1.165) is 12.1 Å². The van der Waals surface area contributed by atoms with E-state index in [1.165, 1.54) is 12.1 Å². The van der Waals surface area contributed by atoms with E-state index in [1.54, 1.807) is 20.8 Å². The van der Waals surface area contributed by atoms with Gasteiger partial charge in [-0.25, -0.2) is 0 Å². The normalized spacial score (nSPS) is 11.9. The second-order valence-corrected chi connectivity index (χ2v) is 6.02. The van der Waals surface area contributed by atoms with Gasteiger partial charge in [-0.3, -0.25) is 9.59 Å². The lowest BCUT2D eigenvalue weighted by atomic mass is 10.1. The molecule has 1 aromatic rings. The van der Waals surface area contributed by atoms with Gasteiger partial charge in [-0.05, 0) is 51.5 Å². The number of halogens is 3. The zero-order valence-corrected chi connectivity index (χ0v) is 13.3. The molecule has 4 nitrogen and oxygen atoms in total. The molecule has 0 heterocycles.